The molecule has 1 aliphatic carbocycles. The zero-order valence-corrected chi connectivity index (χ0v) is 9.73. The topological polar surface area (TPSA) is 61.4 Å². The van der Waals surface area contributed by atoms with Crippen LogP contribution >= 0.6 is 0 Å². The number of nitrogens with one attached hydrogen (secondary N) is 2. The summed E-state index contributed by atoms with van der Waals surface area (Å²) in [7, 11) is 0. The molecule has 2 unspecified atom stereocenters. The summed E-state index contributed by atoms with van der Waals surface area (Å²) in [5.41, 5.74) is 6.19. The van der Waals surface area contributed by atoms with Gasteiger partial charge in [-0.2, -0.15) is 0 Å². The molecule has 1 aromatic carbocycles. The Balaban J connectivity index is 1.84. The van der Waals surface area contributed by atoms with Gasteiger partial charge in [-0.05, 0) is 25.0 Å². The minimum absolute atomic E-state index is 0.0311. The Kier molecular flexibility index (Phi) is 4.12. The van der Waals surface area contributed by atoms with Crippen LogP contribution in [0.3, 0.4) is 0 Å². The molecule has 1 amide bonds. The van der Waals surface area contributed by atoms with E-state index in [1.165, 1.54) is 0 Å². The highest BCUT2D eigenvalue weighted by atomic mass is 16.3. The average Bonchev–Trinajstić information content (AvgIpc) is 2.38. The van der Waals surface area contributed by atoms with E-state index in [9.17, 15) is 9.90 Å². The predicted molar refractivity (Wildman–Crippen MR) is 65.3 cm³/mol. The maximum absolute atomic E-state index is 11.7. The van der Waals surface area contributed by atoms with Crippen LogP contribution in [0.4, 0.5) is 0 Å². The summed E-state index contributed by atoms with van der Waals surface area (Å²) in [5.74, 6) is -0.164. The number of hydrogen-bond acceptors (Lipinski definition) is 3. The number of aliphatic hydroxyl groups excluding tert-OH is 1. The largest absolute Gasteiger partial charge is 0.391 e. The Morgan fingerprint density at radius 3 is 2.59 bits per heavy atom. The smallest absolute Gasteiger partial charge is 0.265 e. The van der Waals surface area contributed by atoms with Crippen molar-refractivity contribution >= 4 is 5.91 Å². The van der Waals surface area contributed by atoms with Crippen molar-refractivity contribution in [2.24, 2.45) is 0 Å². The third kappa shape index (κ3) is 3.28. The third-order valence-electron chi connectivity index (χ3n) is 3.14. The summed E-state index contributed by atoms with van der Waals surface area (Å²) in [4.78, 5) is 11.7. The quantitative estimate of drug-likeness (QED) is 0.689. The van der Waals surface area contributed by atoms with Crippen LogP contribution in [0.2, 0.25) is 0 Å². The standard InChI is InChI=1S/C13H18N2O2/c16-12-9-5-4-8-11(12)14-15-13(17)10-6-2-1-3-7-10/h1-3,6-7,11-12,14,16H,4-5,8-9H2,(H,15,17). The first kappa shape index (κ1) is 12.1. The van der Waals surface area contributed by atoms with E-state index in [0.29, 0.717) is 5.56 Å². The molecule has 0 bridgehead atoms. The van der Waals surface area contributed by atoms with Crippen molar-refractivity contribution in [3.05, 3.63) is 35.9 Å². The molecule has 0 aromatic heterocycles. The average molecular weight is 234 g/mol. The van der Waals surface area contributed by atoms with Gasteiger partial charge in [-0.3, -0.25) is 10.2 Å². The Labute approximate surface area is 101 Å². The normalized spacial score (nSPS) is 24.3. The van der Waals surface area contributed by atoms with Gasteiger partial charge in [0.1, 0.15) is 0 Å². The third-order valence-corrected chi connectivity index (χ3v) is 3.14. The van der Waals surface area contributed by atoms with Gasteiger partial charge in [-0.15, -0.1) is 0 Å². The molecule has 92 valence electrons. The fraction of sp³-hybridized carbons (Fsp3) is 0.462. The Morgan fingerprint density at radius 1 is 1.18 bits per heavy atom. The summed E-state index contributed by atoms with van der Waals surface area (Å²) in [6.07, 6.45) is 3.50. The van der Waals surface area contributed by atoms with Crippen LogP contribution in [0, 0.1) is 0 Å². The molecule has 1 aromatic rings. The number of aliphatic hydroxyl groups is 1. The number of rotatable bonds is 3. The molecule has 0 heterocycles. The first-order chi connectivity index (χ1) is 8.27. The van der Waals surface area contributed by atoms with Crippen molar-refractivity contribution in [1.82, 2.24) is 10.9 Å². The zero-order chi connectivity index (χ0) is 12.1. The van der Waals surface area contributed by atoms with Gasteiger partial charge in [-0.1, -0.05) is 31.0 Å². The highest BCUT2D eigenvalue weighted by Gasteiger charge is 2.23. The highest BCUT2D eigenvalue weighted by molar-refractivity contribution is 5.93. The van der Waals surface area contributed by atoms with E-state index in [4.69, 9.17) is 0 Å². The summed E-state index contributed by atoms with van der Waals surface area (Å²) in [6.45, 7) is 0. The Morgan fingerprint density at radius 2 is 1.88 bits per heavy atom. The molecule has 4 nitrogen and oxygen atoms in total. The second-order valence-electron chi connectivity index (χ2n) is 4.42. The monoisotopic (exact) mass is 234 g/mol. The second-order valence-corrected chi connectivity index (χ2v) is 4.42. The van der Waals surface area contributed by atoms with Crippen LogP contribution in [0.1, 0.15) is 36.0 Å². The van der Waals surface area contributed by atoms with Crippen molar-refractivity contribution in [2.75, 3.05) is 0 Å². The number of hydrazine groups is 1. The molecular weight excluding hydrogens is 216 g/mol. The lowest BCUT2D eigenvalue weighted by Gasteiger charge is -2.28. The van der Waals surface area contributed by atoms with Gasteiger partial charge < -0.3 is 5.11 Å². The summed E-state index contributed by atoms with van der Waals surface area (Å²) < 4.78 is 0. The van der Waals surface area contributed by atoms with E-state index in [1.807, 2.05) is 18.2 Å². The minimum Gasteiger partial charge on any atom is -0.391 e. The van der Waals surface area contributed by atoms with E-state index in [2.05, 4.69) is 10.9 Å². The fourth-order valence-corrected chi connectivity index (χ4v) is 2.10. The number of hydrogen-bond donors (Lipinski definition) is 3. The molecule has 0 radical (unpaired) electrons. The lowest BCUT2D eigenvalue weighted by atomic mass is 9.93. The molecule has 1 aliphatic rings. The number of carbonyl (C=O) groups excluding carboxylic acids is 1. The molecule has 0 spiro atoms. The summed E-state index contributed by atoms with van der Waals surface area (Å²) in [5, 5.41) is 9.74. The van der Waals surface area contributed by atoms with Crippen molar-refractivity contribution < 1.29 is 9.90 Å². The van der Waals surface area contributed by atoms with E-state index < -0.39 is 0 Å². The number of benzene rings is 1. The van der Waals surface area contributed by atoms with Crippen LogP contribution in [-0.4, -0.2) is 23.2 Å². The van der Waals surface area contributed by atoms with Gasteiger partial charge in [0.25, 0.3) is 5.91 Å². The highest BCUT2D eigenvalue weighted by Crippen LogP contribution is 2.17. The summed E-state index contributed by atoms with van der Waals surface area (Å²) >= 11 is 0. The molecule has 0 aliphatic heterocycles. The zero-order valence-electron chi connectivity index (χ0n) is 9.73. The molecule has 0 saturated heterocycles. The van der Waals surface area contributed by atoms with E-state index >= 15 is 0 Å². The van der Waals surface area contributed by atoms with Crippen LogP contribution in [-0.2, 0) is 0 Å². The van der Waals surface area contributed by atoms with Crippen LogP contribution in [0.15, 0.2) is 30.3 Å². The van der Waals surface area contributed by atoms with Gasteiger partial charge in [-0.25, -0.2) is 5.43 Å². The van der Waals surface area contributed by atoms with Crippen molar-refractivity contribution in [3.8, 4) is 0 Å². The molecule has 17 heavy (non-hydrogen) atoms. The lowest BCUT2D eigenvalue weighted by molar-refractivity contribution is 0.0737. The van der Waals surface area contributed by atoms with Crippen LogP contribution < -0.4 is 10.9 Å². The maximum atomic E-state index is 11.7. The van der Waals surface area contributed by atoms with Gasteiger partial charge in [0.15, 0.2) is 0 Å². The molecule has 3 N–H and O–H groups in total. The van der Waals surface area contributed by atoms with Crippen molar-refractivity contribution in [1.29, 1.82) is 0 Å². The molecular formula is C13H18N2O2. The van der Waals surface area contributed by atoms with Crippen molar-refractivity contribution in [2.45, 2.75) is 37.8 Å². The van der Waals surface area contributed by atoms with E-state index in [1.54, 1.807) is 12.1 Å². The molecule has 1 saturated carbocycles. The van der Waals surface area contributed by atoms with Gasteiger partial charge in [0.2, 0.25) is 0 Å². The van der Waals surface area contributed by atoms with Gasteiger partial charge >= 0.3 is 0 Å². The first-order valence-electron chi connectivity index (χ1n) is 6.06. The minimum atomic E-state index is -0.361. The fourth-order valence-electron chi connectivity index (χ4n) is 2.10. The predicted octanol–water partition coefficient (Wildman–Crippen LogP) is 1.22. The number of carbonyl (C=O) groups is 1. The second kappa shape index (κ2) is 5.80. The van der Waals surface area contributed by atoms with Crippen molar-refractivity contribution in [3.63, 3.8) is 0 Å². The molecule has 2 rings (SSSR count). The van der Waals surface area contributed by atoms with E-state index in [0.717, 1.165) is 25.7 Å². The van der Waals surface area contributed by atoms with Crippen LogP contribution in [0.25, 0.3) is 0 Å². The lowest BCUT2D eigenvalue weighted by Crippen LogP contribution is -2.50. The van der Waals surface area contributed by atoms with Crippen LogP contribution in [0.5, 0.6) is 0 Å². The first-order valence-corrected chi connectivity index (χ1v) is 6.06. The SMILES string of the molecule is O=C(NNC1CCCCC1O)c1ccccc1. The Bertz CT molecular complexity index is 367. The summed E-state index contributed by atoms with van der Waals surface area (Å²) in [6, 6.07) is 9.00. The molecule has 1 fully saturated rings. The molecule has 2 atom stereocenters. The number of amides is 1. The van der Waals surface area contributed by atoms with Gasteiger partial charge in [0.05, 0.1) is 12.1 Å². The van der Waals surface area contributed by atoms with E-state index in [-0.39, 0.29) is 18.1 Å². The Hall–Kier alpha value is -1.39. The molecule has 4 heteroatoms. The maximum Gasteiger partial charge on any atom is 0.265 e. The van der Waals surface area contributed by atoms with Gasteiger partial charge in [0, 0.05) is 5.56 Å².